The van der Waals surface area contributed by atoms with Crippen molar-refractivity contribution in [2.45, 2.75) is 6.92 Å². The van der Waals surface area contributed by atoms with Gasteiger partial charge in [0.2, 0.25) is 0 Å². The second-order valence-corrected chi connectivity index (χ2v) is 6.87. The van der Waals surface area contributed by atoms with E-state index in [1.807, 2.05) is 0 Å². The molecule has 1 aromatic heterocycles. The molecule has 25 heavy (non-hydrogen) atoms. The molecule has 1 fully saturated rings. The number of carbonyl (C=O) groups is 1. The Balaban J connectivity index is 1.80. The van der Waals surface area contributed by atoms with Gasteiger partial charge in [0.15, 0.2) is 0 Å². The van der Waals surface area contributed by atoms with Gasteiger partial charge >= 0.3 is 0 Å². The maximum absolute atomic E-state index is 12.6. The van der Waals surface area contributed by atoms with Crippen molar-refractivity contribution in [3.63, 3.8) is 0 Å². The summed E-state index contributed by atoms with van der Waals surface area (Å²) in [6, 6.07) is 6.64. The van der Waals surface area contributed by atoms with E-state index in [2.05, 4.69) is 32.1 Å². The third-order valence-electron chi connectivity index (χ3n) is 4.06. The van der Waals surface area contributed by atoms with Gasteiger partial charge in [-0.2, -0.15) is 0 Å². The topological polar surface area (TPSA) is 61.4 Å². The molecule has 8 heteroatoms. The largest absolute Gasteiger partial charge is 0.354 e. The zero-order chi connectivity index (χ0) is 18.0. The maximum atomic E-state index is 12.6. The molecule has 1 saturated heterocycles. The van der Waals surface area contributed by atoms with E-state index in [1.54, 1.807) is 31.2 Å². The van der Waals surface area contributed by atoms with Crippen LogP contribution in [0, 0.1) is 6.92 Å². The van der Waals surface area contributed by atoms with Crippen LogP contribution in [0.4, 0.5) is 11.5 Å². The van der Waals surface area contributed by atoms with E-state index in [0.29, 0.717) is 27.3 Å². The van der Waals surface area contributed by atoms with E-state index in [4.69, 9.17) is 23.2 Å². The highest BCUT2D eigenvalue weighted by atomic mass is 35.5. The number of piperazine rings is 1. The Morgan fingerprint density at radius 2 is 1.84 bits per heavy atom. The first-order valence-corrected chi connectivity index (χ1v) is 8.73. The molecule has 0 aliphatic carbocycles. The molecule has 0 unspecified atom stereocenters. The predicted octanol–water partition coefficient (Wildman–Crippen LogP) is 3.10. The number of nitrogens with zero attached hydrogens (tertiary/aromatic N) is 4. The summed E-state index contributed by atoms with van der Waals surface area (Å²) < 4.78 is 0. The normalized spacial score (nSPS) is 15.3. The monoisotopic (exact) mass is 379 g/mol. The molecule has 132 valence electrons. The van der Waals surface area contributed by atoms with Crippen molar-refractivity contribution in [3.05, 3.63) is 45.8 Å². The number of hydrogen-bond acceptors (Lipinski definition) is 5. The minimum Gasteiger partial charge on any atom is -0.354 e. The average molecular weight is 380 g/mol. The Kier molecular flexibility index (Phi) is 5.42. The molecule has 0 atom stereocenters. The number of likely N-dealkylation sites (N-methyl/N-ethyl adjacent to an activating group) is 1. The number of rotatable bonds is 3. The van der Waals surface area contributed by atoms with Gasteiger partial charge < -0.3 is 15.1 Å². The zero-order valence-corrected chi connectivity index (χ0v) is 15.6. The van der Waals surface area contributed by atoms with Crippen molar-refractivity contribution in [2.24, 2.45) is 0 Å². The summed E-state index contributed by atoms with van der Waals surface area (Å²) in [5.41, 5.74) is 0.806. The van der Waals surface area contributed by atoms with E-state index in [0.717, 1.165) is 32.0 Å². The van der Waals surface area contributed by atoms with Gasteiger partial charge in [-0.05, 0) is 32.2 Å². The molecule has 2 heterocycles. The molecular formula is C17H19Cl2N5O. The van der Waals surface area contributed by atoms with Gasteiger partial charge in [-0.3, -0.25) is 4.79 Å². The van der Waals surface area contributed by atoms with Crippen molar-refractivity contribution in [1.82, 2.24) is 14.9 Å². The fraction of sp³-hybridized carbons (Fsp3) is 0.353. The van der Waals surface area contributed by atoms with Crippen molar-refractivity contribution in [2.75, 3.05) is 43.4 Å². The first-order valence-electron chi connectivity index (χ1n) is 7.98. The zero-order valence-electron chi connectivity index (χ0n) is 14.1. The number of anilines is 2. The SMILES string of the molecule is Cc1nc(C(=O)Nc2ccc(Cl)cc2Cl)cc(N2CCN(C)CC2)n1. The standard InChI is InChI=1S/C17H19Cl2N5O/c1-11-20-15(10-16(21-11)24-7-5-23(2)6-8-24)17(25)22-14-4-3-12(18)9-13(14)19/h3-4,9-10H,5-8H2,1-2H3,(H,22,25). The lowest BCUT2D eigenvalue weighted by atomic mass is 10.2. The van der Waals surface area contributed by atoms with Gasteiger partial charge in [-0.15, -0.1) is 0 Å². The van der Waals surface area contributed by atoms with Crippen LogP contribution in [0.15, 0.2) is 24.3 Å². The van der Waals surface area contributed by atoms with Gasteiger partial charge in [-0.25, -0.2) is 9.97 Å². The van der Waals surface area contributed by atoms with Crippen LogP contribution in [-0.2, 0) is 0 Å². The fourth-order valence-electron chi connectivity index (χ4n) is 2.64. The number of aromatic nitrogens is 2. The minimum absolute atomic E-state index is 0.312. The van der Waals surface area contributed by atoms with Crippen LogP contribution < -0.4 is 10.2 Å². The number of nitrogens with one attached hydrogen (secondary N) is 1. The lowest BCUT2D eigenvalue weighted by molar-refractivity contribution is 0.102. The first kappa shape index (κ1) is 17.9. The molecule has 1 N–H and O–H groups in total. The second-order valence-electron chi connectivity index (χ2n) is 6.03. The van der Waals surface area contributed by atoms with E-state index in [-0.39, 0.29) is 5.91 Å². The van der Waals surface area contributed by atoms with Crippen molar-refractivity contribution < 1.29 is 4.79 Å². The van der Waals surface area contributed by atoms with Gasteiger partial charge in [0.05, 0.1) is 10.7 Å². The van der Waals surface area contributed by atoms with E-state index in [1.165, 1.54) is 0 Å². The van der Waals surface area contributed by atoms with Crippen LogP contribution in [0.5, 0.6) is 0 Å². The molecule has 0 bridgehead atoms. The Bertz CT molecular complexity index is 791. The number of amides is 1. The number of hydrogen-bond donors (Lipinski definition) is 1. The fourth-order valence-corrected chi connectivity index (χ4v) is 3.10. The Labute approximate surface area is 156 Å². The van der Waals surface area contributed by atoms with E-state index in [9.17, 15) is 4.79 Å². The molecule has 1 aliphatic heterocycles. The third kappa shape index (κ3) is 4.39. The molecule has 1 aromatic carbocycles. The summed E-state index contributed by atoms with van der Waals surface area (Å²) in [4.78, 5) is 25.7. The van der Waals surface area contributed by atoms with Gasteiger partial charge in [0.1, 0.15) is 17.3 Å². The molecule has 3 rings (SSSR count). The highest BCUT2D eigenvalue weighted by molar-refractivity contribution is 6.36. The minimum atomic E-state index is -0.329. The molecular weight excluding hydrogens is 361 g/mol. The van der Waals surface area contributed by atoms with Gasteiger partial charge in [0.25, 0.3) is 5.91 Å². The number of aryl methyl sites for hydroxylation is 1. The molecule has 0 radical (unpaired) electrons. The summed E-state index contributed by atoms with van der Waals surface area (Å²) in [5.74, 6) is 1.00. The molecule has 0 saturated carbocycles. The van der Waals surface area contributed by atoms with Gasteiger partial charge in [-0.1, -0.05) is 23.2 Å². The highest BCUT2D eigenvalue weighted by Gasteiger charge is 2.19. The molecule has 2 aromatic rings. The lowest BCUT2D eigenvalue weighted by Crippen LogP contribution is -2.45. The smallest absolute Gasteiger partial charge is 0.274 e. The third-order valence-corrected chi connectivity index (χ3v) is 4.61. The number of benzene rings is 1. The van der Waals surface area contributed by atoms with Crippen molar-refractivity contribution >= 4 is 40.6 Å². The highest BCUT2D eigenvalue weighted by Crippen LogP contribution is 2.26. The Morgan fingerprint density at radius 3 is 2.52 bits per heavy atom. The van der Waals surface area contributed by atoms with Gasteiger partial charge in [0, 0.05) is 37.3 Å². The molecule has 1 amide bonds. The van der Waals surface area contributed by atoms with Crippen LogP contribution in [0.3, 0.4) is 0 Å². The quantitative estimate of drug-likeness (QED) is 0.887. The summed E-state index contributed by atoms with van der Waals surface area (Å²) in [6.07, 6.45) is 0. The molecule has 6 nitrogen and oxygen atoms in total. The second kappa shape index (κ2) is 7.56. The summed E-state index contributed by atoms with van der Waals surface area (Å²) in [7, 11) is 2.09. The maximum Gasteiger partial charge on any atom is 0.274 e. The van der Waals surface area contributed by atoms with E-state index < -0.39 is 0 Å². The molecule has 1 aliphatic rings. The Morgan fingerprint density at radius 1 is 1.12 bits per heavy atom. The van der Waals surface area contributed by atoms with Crippen LogP contribution in [0.25, 0.3) is 0 Å². The van der Waals surface area contributed by atoms with Crippen LogP contribution in [0.2, 0.25) is 10.0 Å². The summed E-state index contributed by atoms with van der Waals surface area (Å²) in [6.45, 7) is 5.45. The number of halogens is 2. The summed E-state index contributed by atoms with van der Waals surface area (Å²) in [5, 5.41) is 3.66. The van der Waals surface area contributed by atoms with Crippen LogP contribution >= 0.6 is 23.2 Å². The van der Waals surface area contributed by atoms with Crippen LogP contribution in [-0.4, -0.2) is 54.0 Å². The summed E-state index contributed by atoms with van der Waals surface area (Å²) >= 11 is 12.0. The predicted molar refractivity (Wildman–Crippen MR) is 101 cm³/mol. The van der Waals surface area contributed by atoms with Crippen LogP contribution in [0.1, 0.15) is 16.3 Å². The molecule has 0 spiro atoms. The van der Waals surface area contributed by atoms with Crippen molar-refractivity contribution in [3.8, 4) is 0 Å². The van der Waals surface area contributed by atoms with E-state index >= 15 is 0 Å². The average Bonchev–Trinajstić information content (AvgIpc) is 2.57. The van der Waals surface area contributed by atoms with Crippen molar-refractivity contribution in [1.29, 1.82) is 0 Å². The Hall–Kier alpha value is -1.89. The lowest BCUT2D eigenvalue weighted by Gasteiger charge is -2.33. The number of carbonyl (C=O) groups excluding carboxylic acids is 1. The first-order chi connectivity index (χ1) is 11.9.